The molecule has 7 heteroatoms. The molecule has 1 heterocycles. The summed E-state index contributed by atoms with van der Waals surface area (Å²) in [4.78, 5) is 10.2. The summed E-state index contributed by atoms with van der Waals surface area (Å²) >= 11 is 0. The van der Waals surface area contributed by atoms with E-state index in [4.69, 9.17) is 0 Å². The lowest BCUT2D eigenvalue weighted by atomic mass is 10.1. The Balaban J connectivity index is 2.25. The maximum absolute atomic E-state index is 13.8. The molecule has 0 fully saturated rings. The molecule has 0 atom stereocenters. The highest BCUT2D eigenvalue weighted by molar-refractivity contribution is 5.43. The normalized spacial score (nSPS) is 11.6. The Hall–Kier alpha value is -2.28. The predicted octanol–water partition coefficient (Wildman–Crippen LogP) is 2.81. The fourth-order valence-corrected chi connectivity index (χ4v) is 1.74. The van der Waals surface area contributed by atoms with E-state index in [0.717, 1.165) is 17.8 Å². The molecule has 0 aliphatic rings. The number of halogens is 1. The molecule has 2 rings (SSSR count). The molecule has 112 valence electrons. The Morgan fingerprint density at radius 3 is 2.71 bits per heavy atom. The highest BCUT2D eigenvalue weighted by atomic mass is 19.1. The van der Waals surface area contributed by atoms with Crippen LogP contribution in [0.1, 0.15) is 26.5 Å². The van der Waals surface area contributed by atoms with Crippen molar-refractivity contribution < 1.29 is 9.31 Å². The average molecular weight is 292 g/mol. The maximum Gasteiger partial charge on any atom is 0.271 e. The number of nitro groups is 1. The minimum absolute atomic E-state index is 0.0550. The quantitative estimate of drug-likeness (QED) is 0.694. The van der Waals surface area contributed by atoms with E-state index in [0.29, 0.717) is 6.54 Å². The van der Waals surface area contributed by atoms with Crippen LogP contribution in [0.5, 0.6) is 0 Å². The van der Waals surface area contributed by atoms with Crippen LogP contribution >= 0.6 is 0 Å². The molecule has 0 amide bonds. The van der Waals surface area contributed by atoms with Gasteiger partial charge in [0.15, 0.2) is 0 Å². The molecular weight excluding hydrogens is 275 g/mol. The number of nitrogens with zero attached hydrogens (tertiary/aromatic N) is 3. The van der Waals surface area contributed by atoms with E-state index in [1.807, 2.05) is 20.8 Å². The van der Waals surface area contributed by atoms with Gasteiger partial charge in [0.25, 0.3) is 5.69 Å². The first-order chi connectivity index (χ1) is 9.76. The third kappa shape index (κ3) is 3.85. The van der Waals surface area contributed by atoms with Crippen molar-refractivity contribution in [2.24, 2.45) is 0 Å². The topological polar surface area (TPSA) is 73.0 Å². The molecule has 1 aromatic heterocycles. The average Bonchev–Trinajstić information content (AvgIpc) is 2.84. The molecule has 0 radical (unpaired) electrons. The molecule has 1 aromatic carbocycles. The lowest BCUT2D eigenvalue weighted by Crippen LogP contribution is -2.35. The van der Waals surface area contributed by atoms with Crippen LogP contribution in [0, 0.1) is 15.9 Å². The van der Waals surface area contributed by atoms with Crippen molar-refractivity contribution >= 4 is 5.69 Å². The molecule has 0 saturated heterocycles. The van der Waals surface area contributed by atoms with Crippen LogP contribution in [-0.2, 0) is 6.54 Å². The highest BCUT2D eigenvalue weighted by Gasteiger charge is 2.14. The second kappa shape index (κ2) is 5.61. The van der Waals surface area contributed by atoms with Gasteiger partial charge in [0, 0.05) is 30.4 Å². The number of aromatic nitrogens is 2. The molecule has 0 bridgehead atoms. The Morgan fingerprint density at radius 1 is 1.38 bits per heavy atom. The summed E-state index contributed by atoms with van der Waals surface area (Å²) in [6.07, 6.45) is 1.59. The van der Waals surface area contributed by atoms with E-state index in [-0.39, 0.29) is 16.9 Å². The molecule has 0 saturated carbocycles. The van der Waals surface area contributed by atoms with Gasteiger partial charge < -0.3 is 5.32 Å². The van der Waals surface area contributed by atoms with Crippen molar-refractivity contribution in [3.05, 3.63) is 52.1 Å². The van der Waals surface area contributed by atoms with Crippen LogP contribution in [0.4, 0.5) is 10.1 Å². The van der Waals surface area contributed by atoms with Crippen LogP contribution in [0.2, 0.25) is 0 Å². The van der Waals surface area contributed by atoms with Gasteiger partial charge in [-0.2, -0.15) is 5.10 Å². The molecule has 0 aliphatic heterocycles. The number of nitro benzene ring substituents is 1. The van der Waals surface area contributed by atoms with Crippen LogP contribution in [0.25, 0.3) is 5.69 Å². The van der Waals surface area contributed by atoms with Gasteiger partial charge in [-0.25, -0.2) is 9.07 Å². The third-order valence-corrected chi connectivity index (χ3v) is 2.83. The van der Waals surface area contributed by atoms with E-state index in [1.54, 1.807) is 12.3 Å². The lowest BCUT2D eigenvalue weighted by molar-refractivity contribution is -0.384. The number of benzene rings is 1. The fourth-order valence-electron chi connectivity index (χ4n) is 1.74. The van der Waals surface area contributed by atoms with Gasteiger partial charge in [0.05, 0.1) is 10.6 Å². The fraction of sp³-hybridized carbons (Fsp3) is 0.357. The van der Waals surface area contributed by atoms with E-state index in [9.17, 15) is 14.5 Å². The minimum Gasteiger partial charge on any atom is -0.306 e. The molecule has 0 unspecified atom stereocenters. The van der Waals surface area contributed by atoms with Gasteiger partial charge in [0.1, 0.15) is 11.5 Å². The van der Waals surface area contributed by atoms with Gasteiger partial charge in [0.2, 0.25) is 0 Å². The smallest absolute Gasteiger partial charge is 0.271 e. The van der Waals surface area contributed by atoms with Gasteiger partial charge in [-0.1, -0.05) is 0 Å². The summed E-state index contributed by atoms with van der Waals surface area (Å²) in [5.41, 5.74) is 0.568. The molecule has 21 heavy (non-hydrogen) atoms. The molecule has 0 aliphatic carbocycles. The van der Waals surface area contributed by atoms with Crippen molar-refractivity contribution in [1.29, 1.82) is 0 Å². The van der Waals surface area contributed by atoms with Crippen molar-refractivity contribution in [2.45, 2.75) is 32.9 Å². The molecular formula is C14H17FN4O2. The second-order valence-corrected chi connectivity index (χ2v) is 5.75. The number of rotatable bonds is 4. The summed E-state index contributed by atoms with van der Waals surface area (Å²) in [5, 5.41) is 18.3. The zero-order valence-corrected chi connectivity index (χ0v) is 12.1. The zero-order chi connectivity index (χ0) is 15.6. The van der Waals surface area contributed by atoms with E-state index >= 15 is 0 Å². The van der Waals surface area contributed by atoms with Crippen LogP contribution < -0.4 is 5.32 Å². The third-order valence-electron chi connectivity index (χ3n) is 2.83. The zero-order valence-electron chi connectivity index (χ0n) is 12.1. The number of nitrogens with one attached hydrogen (secondary N) is 1. The van der Waals surface area contributed by atoms with Crippen LogP contribution in [0.3, 0.4) is 0 Å². The molecule has 6 nitrogen and oxygen atoms in total. The van der Waals surface area contributed by atoms with Crippen LogP contribution in [0.15, 0.2) is 30.5 Å². The van der Waals surface area contributed by atoms with Gasteiger partial charge in [-0.3, -0.25) is 10.1 Å². The summed E-state index contributed by atoms with van der Waals surface area (Å²) < 4.78 is 15.1. The van der Waals surface area contributed by atoms with Gasteiger partial charge in [-0.15, -0.1) is 0 Å². The van der Waals surface area contributed by atoms with Crippen LogP contribution in [-0.4, -0.2) is 20.2 Å². The molecule has 2 aromatic rings. The number of hydrogen-bond donors (Lipinski definition) is 1. The maximum atomic E-state index is 13.8. The Labute approximate surface area is 121 Å². The first kappa shape index (κ1) is 15.1. The molecule has 1 N–H and O–H groups in total. The van der Waals surface area contributed by atoms with E-state index in [1.165, 1.54) is 10.7 Å². The highest BCUT2D eigenvalue weighted by Crippen LogP contribution is 2.20. The van der Waals surface area contributed by atoms with Gasteiger partial charge in [-0.05, 0) is 32.9 Å². The van der Waals surface area contributed by atoms with Crippen molar-refractivity contribution in [3.8, 4) is 5.69 Å². The van der Waals surface area contributed by atoms with E-state index in [2.05, 4.69) is 10.4 Å². The Morgan fingerprint density at radius 2 is 2.10 bits per heavy atom. The SMILES string of the molecule is CC(C)(C)NCc1ccn(-c2cc([N+](=O)[O-])ccc2F)n1. The minimum atomic E-state index is -0.561. The number of hydrogen-bond acceptors (Lipinski definition) is 4. The number of non-ortho nitro benzene ring substituents is 1. The summed E-state index contributed by atoms with van der Waals surface area (Å²) in [5.74, 6) is -0.556. The first-order valence-corrected chi connectivity index (χ1v) is 6.50. The van der Waals surface area contributed by atoms with E-state index < -0.39 is 10.7 Å². The van der Waals surface area contributed by atoms with Crippen molar-refractivity contribution in [1.82, 2.24) is 15.1 Å². The van der Waals surface area contributed by atoms with Crippen molar-refractivity contribution in [3.63, 3.8) is 0 Å². The second-order valence-electron chi connectivity index (χ2n) is 5.75. The molecule has 0 spiro atoms. The summed E-state index contributed by atoms with van der Waals surface area (Å²) in [7, 11) is 0. The van der Waals surface area contributed by atoms with Gasteiger partial charge >= 0.3 is 0 Å². The summed E-state index contributed by atoms with van der Waals surface area (Å²) in [6, 6.07) is 5.12. The monoisotopic (exact) mass is 292 g/mol. The van der Waals surface area contributed by atoms with Crippen molar-refractivity contribution in [2.75, 3.05) is 0 Å². The Kier molecular flexibility index (Phi) is 4.04. The standard InChI is InChI=1S/C14H17FN4O2/c1-14(2,3)16-9-10-6-7-18(17-10)13-8-11(19(20)21)4-5-12(13)15/h4-8,16H,9H2,1-3H3. The first-order valence-electron chi connectivity index (χ1n) is 6.50. The lowest BCUT2D eigenvalue weighted by Gasteiger charge is -2.19. The Bertz CT molecular complexity index is 661. The summed E-state index contributed by atoms with van der Waals surface area (Å²) in [6.45, 7) is 6.63. The largest absolute Gasteiger partial charge is 0.306 e. The predicted molar refractivity (Wildman–Crippen MR) is 76.8 cm³/mol.